The van der Waals surface area contributed by atoms with Gasteiger partial charge in [0.1, 0.15) is 0 Å². The zero-order valence-electron chi connectivity index (χ0n) is 12.1. The average molecular weight is 278 g/mol. The predicted octanol–water partition coefficient (Wildman–Crippen LogP) is 2.43. The van der Waals surface area contributed by atoms with Gasteiger partial charge in [0.25, 0.3) is 0 Å². The van der Waals surface area contributed by atoms with E-state index in [1.165, 1.54) is 0 Å². The van der Waals surface area contributed by atoms with Gasteiger partial charge in [-0.25, -0.2) is 4.79 Å². The van der Waals surface area contributed by atoms with E-state index in [-0.39, 0.29) is 11.5 Å². The molecule has 1 atom stereocenters. The first-order chi connectivity index (χ1) is 9.54. The van der Waals surface area contributed by atoms with Crippen molar-refractivity contribution in [2.45, 2.75) is 32.2 Å². The number of carbonyl (C=O) groups excluding carboxylic acids is 1. The summed E-state index contributed by atoms with van der Waals surface area (Å²) < 4.78 is 10.5. The molecule has 0 aromatic heterocycles. The molecule has 1 aromatic carbocycles. The van der Waals surface area contributed by atoms with Gasteiger partial charge in [-0.05, 0) is 44.9 Å². The number of anilines is 2. The molecule has 1 saturated heterocycles. The summed E-state index contributed by atoms with van der Waals surface area (Å²) in [7, 11) is 0. The summed E-state index contributed by atoms with van der Waals surface area (Å²) in [6, 6.07) is 5.19. The summed E-state index contributed by atoms with van der Waals surface area (Å²) >= 11 is 0. The van der Waals surface area contributed by atoms with Gasteiger partial charge in [-0.15, -0.1) is 0 Å². The SMILES string of the molecule is CCOC(=O)c1ccc(NC2(C)CCCOC2)c(N)c1. The minimum atomic E-state index is -0.349. The number of hydrogen-bond donors (Lipinski definition) is 2. The van der Waals surface area contributed by atoms with Gasteiger partial charge in [0.2, 0.25) is 0 Å². The van der Waals surface area contributed by atoms with Crippen LogP contribution in [-0.2, 0) is 9.47 Å². The smallest absolute Gasteiger partial charge is 0.338 e. The van der Waals surface area contributed by atoms with Crippen molar-refractivity contribution in [3.8, 4) is 0 Å². The highest BCUT2D eigenvalue weighted by Gasteiger charge is 2.27. The first-order valence-corrected chi connectivity index (χ1v) is 6.97. The fourth-order valence-corrected chi connectivity index (χ4v) is 2.38. The molecule has 1 aliphatic heterocycles. The van der Waals surface area contributed by atoms with Crippen LogP contribution in [0.1, 0.15) is 37.0 Å². The van der Waals surface area contributed by atoms with Gasteiger partial charge < -0.3 is 20.5 Å². The van der Waals surface area contributed by atoms with E-state index < -0.39 is 0 Å². The van der Waals surface area contributed by atoms with E-state index in [2.05, 4.69) is 12.2 Å². The molecule has 110 valence electrons. The topological polar surface area (TPSA) is 73.6 Å². The predicted molar refractivity (Wildman–Crippen MR) is 78.9 cm³/mol. The Bertz CT molecular complexity index is 482. The van der Waals surface area contributed by atoms with Crippen LogP contribution >= 0.6 is 0 Å². The van der Waals surface area contributed by atoms with E-state index in [1.54, 1.807) is 19.1 Å². The van der Waals surface area contributed by atoms with Gasteiger partial charge in [0.15, 0.2) is 0 Å². The summed E-state index contributed by atoms with van der Waals surface area (Å²) in [4.78, 5) is 11.6. The van der Waals surface area contributed by atoms with E-state index in [4.69, 9.17) is 15.2 Å². The van der Waals surface area contributed by atoms with Gasteiger partial charge in [-0.2, -0.15) is 0 Å². The zero-order chi connectivity index (χ0) is 14.6. The Morgan fingerprint density at radius 1 is 1.55 bits per heavy atom. The van der Waals surface area contributed by atoms with E-state index in [9.17, 15) is 4.79 Å². The second-order valence-corrected chi connectivity index (χ2v) is 5.36. The minimum absolute atomic E-state index is 0.113. The van der Waals surface area contributed by atoms with Crippen LogP contribution in [0.4, 0.5) is 11.4 Å². The van der Waals surface area contributed by atoms with Gasteiger partial charge >= 0.3 is 5.97 Å². The van der Waals surface area contributed by atoms with Crippen LogP contribution in [-0.4, -0.2) is 31.3 Å². The molecule has 1 aliphatic rings. The summed E-state index contributed by atoms with van der Waals surface area (Å²) in [6.45, 7) is 5.72. The van der Waals surface area contributed by atoms with Crippen molar-refractivity contribution in [2.24, 2.45) is 0 Å². The van der Waals surface area contributed by atoms with Crippen molar-refractivity contribution in [1.82, 2.24) is 0 Å². The molecule has 1 fully saturated rings. The molecule has 0 radical (unpaired) electrons. The Morgan fingerprint density at radius 3 is 2.95 bits per heavy atom. The minimum Gasteiger partial charge on any atom is -0.462 e. The molecule has 5 heteroatoms. The highest BCUT2D eigenvalue weighted by Crippen LogP contribution is 2.28. The average Bonchev–Trinajstić information content (AvgIpc) is 2.42. The molecule has 0 spiro atoms. The maximum absolute atomic E-state index is 11.6. The first-order valence-electron chi connectivity index (χ1n) is 6.97. The lowest BCUT2D eigenvalue weighted by molar-refractivity contribution is 0.0526. The summed E-state index contributed by atoms with van der Waals surface area (Å²) in [5.74, 6) is -0.349. The fraction of sp³-hybridized carbons (Fsp3) is 0.533. The molecule has 1 unspecified atom stereocenters. The molecule has 0 saturated carbocycles. The van der Waals surface area contributed by atoms with Crippen molar-refractivity contribution in [2.75, 3.05) is 30.9 Å². The monoisotopic (exact) mass is 278 g/mol. The summed E-state index contributed by atoms with van der Waals surface area (Å²) in [5.41, 5.74) is 7.75. The van der Waals surface area contributed by atoms with Crippen molar-refractivity contribution in [3.05, 3.63) is 23.8 Å². The molecule has 0 bridgehead atoms. The molecule has 20 heavy (non-hydrogen) atoms. The van der Waals surface area contributed by atoms with Crippen LogP contribution < -0.4 is 11.1 Å². The molecule has 1 heterocycles. The molecule has 0 aliphatic carbocycles. The summed E-state index contributed by atoms with van der Waals surface area (Å²) in [6.07, 6.45) is 2.07. The number of nitrogen functional groups attached to an aromatic ring is 1. The Labute approximate surface area is 119 Å². The number of ether oxygens (including phenoxy) is 2. The quantitative estimate of drug-likeness (QED) is 0.653. The van der Waals surface area contributed by atoms with Crippen LogP contribution in [0.15, 0.2) is 18.2 Å². The normalized spacial score (nSPS) is 22.3. The standard InChI is InChI=1S/C15H22N2O3/c1-3-20-14(18)11-5-6-13(12(16)9-11)17-15(2)7-4-8-19-10-15/h5-6,9,17H,3-4,7-8,10,16H2,1-2H3. The van der Waals surface area contributed by atoms with Gasteiger partial charge in [-0.1, -0.05) is 0 Å². The molecule has 1 aromatic rings. The lowest BCUT2D eigenvalue weighted by Crippen LogP contribution is -2.43. The lowest BCUT2D eigenvalue weighted by Gasteiger charge is -2.35. The van der Waals surface area contributed by atoms with Crippen molar-refractivity contribution < 1.29 is 14.3 Å². The Kier molecular flexibility index (Phi) is 4.49. The van der Waals surface area contributed by atoms with Gasteiger partial charge in [0, 0.05) is 6.61 Å². The maximum Gasteiger partial charge on any atom is 0.338 e. The second-order valence-electron chi connectivity index (χ2n) is 5.36. The molecular weight excluding hydrogens is 256 g/mol. The maximum atomic E-state index is 11.6. The van der Waals surface area contributed by atoms with E-state index in [0.717, 1.165) is 25.1 Å². The summed E-state index contributed by atoms with van der Waals surface area (Å²) in [5, 5.41) is 3.42. The highest BCUT2D eigenvalue weighted by molar-refractivity contribution is 5.92. The molecule has 2 rings (SSSR count). The first kappa shape index (κ1) is 14.7. The van der Waals surface area contributed by atoms with Crippen LogP contribution in [0.25, 0.3) is 0 Å². The lowest BCUT2D eigenvalue weighted by atomic mass is 9.94. The number of carbonyl (C=O) groups is 1. The molecule has 0 amide bonds. The number of nitrogens with two attached hydrogens (primary N) is 1. The van der Waals surface area contributed by atoms with E-state index >= 15 is 0 Å². The third kappa shape index (κ3) is 3.42. The number of nitrogens with one attached hydrogen (secondary N) is 1. The van der Waals surface area contributed by atoms with Crippen molar-refractivity contribution in [1.29, 1.82) is 0 Å². The fourth-order valence-electron chi connectivity index (χ4n) is 2.38. The van der Waals surface area contributed by atoms with Crippen LogP contribution in [0.2, 0.25) is 0 Å². The Balaban J connectivity index is 2.11. The third-order valence-electron chi connectivity index (χ3n) is 3.44. The van der Waals surface area contributed by atoms with Crippen LogP contribution in [0, 0.1) is 0 Å². The van der Waals surface area contributed by atoms with E-state index in [0.29, 0.717) is 24.5 Å². The van der Waals surface area contributed by atoms with Crippen molar-refractivity contribution in [3.63, 3.8) is 0 Å². The van der Waals surface area contributed by atoms with Crippen molar-refractivity contribution >= 4 is 17.3 Å². The molecular formula is C15H22N2O3. The van der Waals surface area contributed by atoms with Gasteiger partial charge in [-0.3, -0.25) is 0 Å². The molecule has 5 nitrogen and oxygen atoms in total. The Hall–Kier alpha value is -1.75. The zero-order valence-corrected chi connectivity index (χ0v) is 12.1. The van der Waals surface area contributed by atoms with E-state index in [1.807, 2.05) is 6.07 Å². The second kappa shape index (κ2) is 6.13. The molecule has 3 N–H and O–H groups in total. The van der Waals surface area contributed by atoms with Gasteiger partial charge in [0.05, 0.1) is 35.7 Å². The highest BCUT2D eigenvalue weighted by atomic mass is 16.5. The largest absolute Gasteiger partial charge is 0.462 e. The number of rotatable bonds is 4. The van der Waals surface area contributed by atoms with Crippen LogP contribution in [0.3, 0.4) is 0 Å². The number of hydrogen-bond acceptors (Lipinski definition) is 5. The third-order valence-corrected chi connectivity index (χ3v) is 3.44. The number of esters is 1. The Morgan fingerprint density at radius 2 is 2.35 bits per heavy atom. The number of benzene rings is 1. The van der Waals surface area contributed by atoms with Crippen LogP contribution in [0.5, 0.6) is 0 Å².